The third-order valence-electron chi connectivity index (χ3n) is 3.23. The maximum Gasteiger partial charge on any atom is 0.222 e. The van der Waals surface area contributed by atoms with Crippen LogP contribution in [0.3, 0.4) is 0 Å². The van der Waals surface area contributed by atoms with E-state index in [0.29, 0.717) is 18.8 Å². The van der Waals surface area contributed by atoms with Gasteiger partial charge in [0.1, 0.15) is 5.25 Å². The number of hydrogen-bond donors (Lipinski definition) is 1. The summed E-state index contributed by atoms with van der Waals surface area (Å²) >= 11 is 0. The molecule has 1 aliphatic heterocycles. The average Bonchev–Trinajstić information content (AvgIpc) is 2.39. The number of rotatable bonds is 3. The molecule has 0 saturated carbocycles. The lowest BCUT2D eigenvalue weighted by Gasteiger charge is -2.31. The van der Waals surface area contributed by atoms with Crippen LogP contribution in [0.5, 0.6) is 0 Å². The molecule has 0 aliphatic carbocycles. The monoisotopic (exact) mass is 270 g/mol. The van der Waals surface area contributed by atoms with Gasteiger partial charge in [-0.05, 0) is 19.8 Å². The van der Waals surface area contributed by atoms with E-state index in [-0.39, 0.29) is 6.04 Å². The highest BCUT2D eigenvalue weighted by Gasteiger charge is 2.33. The van der Waals surface area contributed by atoms with Crippen LogP contribution in [0.4, 0.5) is 0 Å². The molecule has 7 heteroatoms. The van der Waals surface area contributed by atoms with Crippen molar-refractivity contribution in [3.8, 4) is 0 Å². The lowest BCUT2D eigenvalue weighted by atomic mass is 10.1. The second-order valence-electron chi connectivity index (χ2n) is 4.58. The number of nitrogens with zero attached hydrogens (tertiary/aromatic N) is 3. The zero-order valence-electron chi connectivity index (χ0n) is 10.4. The van der Waals surface area contributed by atoms with Gasteiger partial charge in [-0.15, -0.1) is 0 Å². The molecular weight excluding hydrogens is 252 g/mol. The third-order valence-corrected chi connectivity index (χ3v) is 5.41. The lowest BCUT2D eigenvalue weighted by molar-refractivity contribution is 0.313. The molecule has 0 spiro atoms. The Labute approximate surface area is 107 Å². The Morgan fingerprint density at radius 3 is 2.89 bits per heavy atom. The summed E-state index contributed by atoms with van der Waals surface area (Å²) in [5.41, 5.74) is 6.30. The first-order chi connectivity index (χ1) is 8.51. The Kier molecular flexibility index (Phi) is 3.94. The first kappa shape index (κ1) is 13.4. The minimum absolute atomic E-state index is 0.0671. The largest absolute Gasteiger partial charge is 0.327 e. The van der Waals surface area contributed by atoms with Crippen LogP contribution >= 0.6 is 0 Å². The highest BCUT2D eigenvalue weighted by Crippen LogP contribution is 2.25. The summed E-state index contributed by atoms with van der Waals surface area (Å²) in [5.74, 6) is 0. The quantitative estimate of drug-likeness (QED) is 0.852. The van der Waals surface area contributed by atoms with Crippen molar-refractivity contribution in [1.82, 2.24) is 14.3 Å². The summed E-state index contributed by atoms with van der Waals surface area (Å²) in [7, 11) is -3.40. The molecule has 6 nitrogen and oxygen atoms in total. The molecule has 1 fully saturated rings. The van der Waals surface area contributed by atoms with E-state index in [1.165, 1.54) is 22.9 Å². The molecule has 2 N–H and O–H groups in total. The Morgan fingerprint density at radius 1 is 1.50 bits per heavy atom. The zero-order chi connectivity index (χ0) is 13.2. The Hall–Kier alpha value is -1.05. The lowest BCUT2D eigenvalue weighted by Crippen LogP contribution is -2.46. The molecule has 2 rings (SSSR count). The minimum atomic E-state index is -3.40. The molecule has 18 heavy (non-hydrogen) atoms. The van der Waals surface area contributed by atoms with Crippen LogP contribution in [0.25, 0.3) is 0 Å². The van der Waals surface area contributed by atoms with Gasteiger partial charge >= 0.3 is 0 Å². The second kappa shape index (κ2) is 5.29. The van der Waals surface area contributed by atoms with E-state index in [0.717, 1.165) is 12.8 Å². The van der Waals surface area contributed by atoms with E-state index >= 15 is 0 Å². The van der Waals surface area contributed by atoms with Crippen molar-refractivity contribution in [2.24, 2.45) is 5.73 Å². The fourth-order valence-corrected chi connectivity index (χ4v) is 3.76. The number of hydrogen-bond acceptors (Lipinski definition) is 5. The van der Waals surface area contributed by atoms with Gasteiger partial charge in [0.15, 0.2) is 0 Å². The number of piperidine rings is 1. The highest BCUT2D eigenvalue weighted by atomic mass is 32.2. The van der Waals surface area contributed by atoms with Gasteiger partial charge in [0.25, 0.3) is 0 Å². The van der Waals surface area contributed by atoms with E-state index in [4.69, 9.17) is 5.73 Å². The summed E-state index contributed by atoms with van der Waals surface area (Å²) in [4.78, 5) is 7.97. The molecule has 0 amide bonds. The van der Waals surface area contributed by atoms with Crippen molar-refractivity contribution in [3.63, 3.8) is 0 Å². The molecule has 2 heterocycles. The van der Waals surface area contributed by atoms with Gasteiger partial charge in [-0.25, -0.2) is 8.42 Å². The summed E-state index contributed by atoms with van der Waals surface area (Å²) < 4.78 is 26.3. The molecule has 1 aromatic rings. The molecule has 0 unspecified atom stereocenters. The number of aromatic nitrogens is 2. The minimum Gasteiger partial charge on any atom is -0.327 e. The Morgan fingerprint density at radius 2 is 2.28 bits per heavy atom. The molecule has 100 valence electrons. The van der Waals surface area contributed by atoms with E-state index in [9.17, 15) is 8.42 Å². The summed E-state index contributed by atoms with van der Waals surface area (Å²) in [5, 5.41) is -0.684. The average molecular weight is 270 g/mol. The number of nitrogens with two attached hydrogens (primary N) is 1. The van der Waals surface area contributed by atoms with Gasteiger partial charge in [-0.3, -0.25) is 9.97 Å². The van der Waals surface area contributed by atoms with Gasteiger partial charge in [0.2, 0.25) is 10.0 Å². The first-order valence-corrected chi connectivity index (χ1v) is 7.52. The van der Waals surface area contributed by atoms with Crippen LogP contribution in [-0.4, -0.2) is 41.8 Å². The van der Waals surface area contributed by atoms with Crippen LogP contribution in [0.15, 0.2) is 18.6 Å². The van der Waals surface area contributed by atoms with Gasteiger partial charge in [-0.1, -0.05) is 0 Å². The topological polar surface area (TPSA) is 89.2 Å². The third kappa shape index (κ3) is 2.68. The standard InChI is InChI=1S/C11H18N4O2S/c1-9(11-7-13-4-5-14-11)18(16,17)15-6-2-3-10(12)8-15/h4-5,7,9-10H,2-3,6,8,12H2,1H3/t9-,10+/m1/s1. The van der Waals surface area contributed by atoms with Crippen LogP contribution in [-0.2, 0) is 10.0 Å². The molecule has 0 bridgehead atoms. The van der Waals surface area contributed by atoms with Crippen molar-refractivity contribution in [2.45, 2.75) is 31.1 Å². The van der Waals surface area contributed by atoms with Gasteiger partial charge in [0.05, 0.1) is 5.69 Å². The van der Waals surface area contributed by atoms with Crippen LogP contribution < -0.4 is 5.73 Å². The van der Waals surface area contributed by atoms with Crippen molar-refractivity contribution >= 4 is 10.0 Å². The molecule has 1 aromatic heterocycles. The summed E-state index contributed by atoms with van der Waals surface area (Å²) in [6, 6.07) is -0.0671. The highest BCUT2D eigenvalue weighted by molar-refractivity contribution is 7.89. The summed E-state index contributed by atoms with van der Waals surface area (Å²) in [6.45, 7) is 2.58. The van der Waals surface area contributed by atoms with Crippen LogP contribution in [0, 0.1) is 0 Å². The zero-order valence-corrected chi connectivity index (χ0v) is 11.2. The smallest absolute Gasteiger partial charge is 0.222 e. The van der Waals surface area contributed by atoms with E-state index in [1.54, 1.807) is 6.92 Å². The SMILES string of the molecule is C[C@H](c1cnccn1)S(=O)(=O)N1CCC[C@H](N)C1. The normalized spacial score (nSPS) is 23.8. The van der Waals surface area contributed by atoms with Crippen molar-refractivity contribution in [3.05, 3.63) is 24.3 Å². The second-order valence-corrected chi connectivity index (χ2v) is 6.83. The molecule has 1 aliphatic rings. The van der Waals surface area contributed by atoms with E-state index in [2.05, 4.69) is 9.97 Å². The maximum absolute atomic E-state index is 12.4. The van der Waals surface area contributed by atoms with Crippen molar-refractivity contribution in [1.29, 1.82) is 0 Å². The predicted octanol–water partition coefficient (Wildman–Crippen LogP) is 0.291. The number of sulfonamides is 1. The fourth-order valence-electron chi connectivity index (χ4n) is 2.10. The summed E-state index contributed by atoms with van der Waals surface area (Å²) in [6.07, 6.45) is 6.22. The first-order valence-electron chi connectivity index (χ1n) is 6.02. The molecular formula is C11H18N4O2S. The van der Waals surface area contributed by atoms with Crippen LogP contribution in [0.2, 0.25) is 0 Å². The molecule has 1 saturated heterocycles. The van der Waals surface area contributed by atoms with Crippen molar-refractivity contribution < 1.29 is 8.42 Å². The maximum atomic E-state index is 12.4. The van der Waals surface area contributed by atoms with Gasteiger partial charge < -0.3 is 5.73 Å². The molecule has 0 aromatic carbocycles. The van der Waals surface area contributed by atoms with Crippen molar-refractivity contribution in [2.75, 3.05) is 13.1 Å². The Bertz CT molecular complexity index is 491. The fraction of sp³-hybridized carbons (Fsp3) is 0.636. The molecule has 0 radical (unpaired) electrons. The Balaban J connectivity index is 2.20. The van der Waals surface area contributed by atoms with Gasteiger partial charge in [-0.2, -0.15) is 4.31 Å². The molecule has 2 atom stereocenters. The van der Waals surface area contributed by atoms with Gasteiger partial charge in [0, 0.05) is 37.7 Å². The predicted molar refractivity (Wildman–Crippen MR) is 68.1 cm³/mol. The van der Waals surface area contributed by atoms with E-state index in [1.807, 2.05) is 0 Å². The van der Waals surface area contributed by atoms with E-state index < -0.39 is 15.3 Å². The van der Waals surface area contributed by atoms with Crippen LogP contribution in [0.1, 0.15) is 30.7 Å².